The van der Waals surface area contributed by atoms with E-state index < -0.39 is 0 Å². The number of thioether (sulfide) groups is 1. The van der Waals surface area contributed by atoms with Crippen LogP contribution < -0.4 is 5.56 Å². The van der Waals surface area contributed by atoms with Crippen LogP contribution in [-0.4, -0.2) is 33.2 Å². The molecule has 0 unspecified atom stereocenters. The van der Waals surface area contributed by atoms with Crippen LogP contribution in [0, 0.1) is 5.82 Å². The van der Waals surface area contributed by atoms with Crippen LogP contribution in [-0.2, 0) is 17.9 Å². The van der Waals surface area contributed by atoms with Crippen LogP contribution in [0.2, 0.25) is 5.02 Å². The molecule has 0 saturated carbocycles. The molecule has 150 valence electrons. The molecule has 0 aliphatic rings. The number of hydrogen-bond donors (Lipinski definition) is 0. The van der Waals surface area contributed by atoms with Crippen molar-refractivity contribution in [2.45, 2.75) is 18.2 Å². The van der Waals surface area contributed by atoms with E-state index in [2.05, 4.69) is 11.6 Å². The minimum atomic E-state index is -0.354. The highest BCUT2D eigenvalue weighted by Crippen LogP contribution is 2.21. The molecule has 0 fully saturated rings. The molecule has 29 heavy (non-hydrogen) atoms. The number of halogens is 2. The van der Waals surface area contributed by atoms with Gasteiger partial charge in [0.1, 0.15) is 5.82 Å². The quantitative estimate of drug-likeness (QED) is 0.321. The Kier molecular flexibility index (Phi) is 6.71. The summed E-state index contributed by atoms with van der Waals surface area (Å²) in [6, 6.07) is 11.2. The fourth-order valence-electron chi connectivity index (χ4n) is 2.78. The first-order valence-corrected chi connectivity index (χ1v) is 10.2. The lowest BCUT2D eigenvalue weighted by Crippen LogP contribution is -2.29. The van der Waals surface area contributed by atoms with Crippen LogP contribution in [0.15, 0.2) is 65.1 Å². The first-order valence-electron chi connectivity index (χ1n) is 8.82. The van der Waals surface area contributed by atoms with Gasteiger partial charge in [0.05, 0.1) is 16.7 Å². The molecule has 8 heteroatoms. The van der Waals surface area contributed by atoms with Gasteiger partial charge in [-0.15, -0.1) is 6.58 Å². The molecule has 0 bridgehead atoms. The number of aromatic nitrogens is 2. The molecule has 0 saturated heterocycles. The van der Waals surface area contributed by atoms with E-state index in [9.17, 15) is 14.0 Å². The minimum Gasteiger partial charge on any atom is -0.341 e. The standard InChI is InChI=1S/C21H19ClFN3O2S/c1-3-10-26-20(28)16-9-8-15(22)11-18(16)24-21(26)29-13-19(27)25(2)12-14-6-4-5-7-17(14)23/h3-9,11H,1,10,12-13H2,2H3. The van der Waals surface area contributed by atoms with Crippen LogP contribution in [0.3, 0.4) is 0 Å². The lowest BCUT2D eigenvalue weighted by Gasteiger charge is -2.18. The van der Waals surface area contributed by atoms with Crippen molar-refractivity contribution in [3.8, 4) is 0 Å². The average molecular weight is 432 g/mol. The summed E-state index contributed by atoms with van der Waals surface area (Å²) in [5.74, 6) is -0.503. The van der Waals surface area contributed by atoms with Gasteiger partial charge in [-0.1, -0.05) is 47.6 Å². The third kappa shape index (κ3) is 4.86. The molecular weight excluding hydrogens is 413 g/mol. The second-order valence-electron chi connectivity index (χ2n) is 6.39. The highest BCUT2D eigenvalue weighted by atomic mass is 35.5. The van der Waals surface area contributed by atoms with Crippen molar-refractivity contribution in [3.05, 3.63) is 81.9 Å². The molecule has 2 aromatic carbocycles. The van der Waals surface area contributed by atoms with Crippen molar-refractivity contribution in [2.24, 2.45) is 0 Å². The smallest absolute Gasteiger partial charge is 0.262 e. The summed E-state index contributed by atoms with van der Waals surface area (Å²) in [7, 11) is 1.61. The molecule has 0 atom stereocenters. The van der Waals surface area contributed by atoms with Gasteiger partial charge < -0.3 is 4.90 Å². The zero-order chi connectivity index (χ0) is 21.0. The van der Waals surface area contributed by atoms with Crippen LogP contribution in [0.4, 0.5) is 4.39 Å². The lowest BCUT2D eigenvalue weighted by atomic mass is 10.2. The third-order valence-electron chi connectivity index (χ3n) is 4.31. The van der Waals surface area contributed by atoms with E-state index in [0.717, 1.165) is 11.8 Å². The Balaban J connectivity index is 1.81. The Bertz CT molecular complexity index is 1130. The first-order chi connectivity index (χ1) is 13.9. The highest BCUT2D eigenvalue weighted by Gasteiger charge is 2.16. The Morgan fingerprint density at radius 1 is 1.34 bits per heavy atom. The molecule has 1 aromatic heterocycles. The number of carbonyl (C=O) groups is 1. The second kappa shape index (κ2) is 9.24. The minimum absolute atomic E-state index is 0.0562. The van der Waals surface area contributed by atoms with E-state index in [-0.39, 0.29) is 36.1 Å². The number of nitrogens with zero attached hydrogens (tertiary/aromatic N) is 3. The number of benzene rings is 2. The molecule has 0 N–H and O–H groups in total. The van der Waals surface area contributed by atoms with Crippen molar-refractivity contribution in [2.75, 3.05) is 12.8 Å². The fraction of sp³-hybridized carbons (Fsp3) is 0.190. The number of fused-ring (bicyclic) bond motifs is 1. The summed E-state index contributed by atoms with van der Waals surface area (Å²) in [6.07, 6.45) is 1.60. The predicted octanol–water partition coefficient (Wildman–Crippen LogP) is 4.13. The Morgan fingerprint density at radius 2 is 2.10 bits per heavy atom. The Labute approximate surface area is 176 Å². The van der Waals surface area contributed by atoms with E-state index in [4.69, 9.17) is 11.6 Å². The summed E-state index contributed by atoms with van der Waals surface area (Å²) in [4.78, 5) is 31.3. The Hall–Kier alpha value is -2.64. The third-order valence-corrected chi connectivity index (χ3v) is 5.51. The fourth-order valence-corrected chi connectivity index (χ4v) is 3.90. The van der Waals surface area contributed by atoms with Crippen LogP contribution in [0.1, 0.15) is 5.56 Å². The van der Waals surface area contributed by atoms with Crippen LogP contribution >= 0.6 is 23.4 Å². The van der Waals surface area contributed by atoms with Crippen molar-refractivity contribution < 1.29 is 9.18 Å². The normalized spacial score (nSPS) is 10.9. The van der Waals surface area contributed by atoms with E-state index in [1.54, 1.807) is 49.5 Å². The van der Waals surface area contributed by atoms with Gasteiger partial charge in [-0.3, -0.25) is 14.2 Å². The Morgan fingerprint density at radius 3 is 2.83 bits per heavy atom. The van der Waals surface area contributed by atoms with Gasteiger partial charge in [-0.25, -0.2) is 9.37 Å². The molecule has 0 aliphatic carbocycles. The van der Waals surface area contributed by atoms with E-state index >= 15 is 0 Å². The largest absolute Gasteiger partial charge is 0.341 e. The van der Waals surface area contributed by atoms with Crippen LogP contribution in [0.5, 0.6) is 0 Å². The molecule has 0 radical (unpaired) electrons. The van der Waals surface area contributed by atoms with Gasteiger partial charge in [0.25, 0.3) is 5.56 Å². The predicted molar refractivity (Wildman–Crippen MR) is 115 cm³/mol. The summed E-state index contributed by atoms with van der Waals surface area (Å²) < 4.78 is 15.3. The van der Waals surface area contributed by atoms with E-state index in [0.29, 0.717) is 26.6 Å². The van der Waals surface area contributed by atoms with Gasteiger partial charge >= 0.3 is 0 Å². The summed E-state index contributed by atoms with van der Waals surface area (Å²) in [5, 5.41) is 1.32. The second-order valence-corrected chi connectivity index (χ2v) is 7.77. The SMILES string of the molecule is C=CCn1c(SCC(=O)N(C)Cc2ccccc2F)nc2cc(Cl)ccc2c1=O. The molecule has 5 nitrogen and oxygen atoms in total. The molecule has 0 aliphatic heterocycles. The number of rotatable bonds is 7. The molecule has 3 aromatic rings. The van der Waals surface area contributed by atoms with Gasteiger partial charge in [0.2, 0.25) is 5.91 Å². The van der Waals surface area contributed by atoms with Gasteiger partial charge in [0.15, 0.2) is 5.16 Å². The monoisotopic (exact) mass is 431 g/mol. The zero-order valence-electron chi connectivity index (χ0n) is 15.8. The highest BCUT2D eigenvalue weighted by molar-refractivity contribution is 7.99. The summed E-state index contributed by atoms with van der Waals surface area (Å²) >= 11 is 7.17. The van der Waals surface area contributed by atoms with Gasteiger partial charge in [-0.05, 0) is 24.3 Å². The molecule has 0 spiro atoms. The van der Waals surface area contributed by atoms with E-state index in [1.165, 1.54) is 15.5 Å². The van der Waals surface area contributed by atoms with Crippen LogP contribution in [0.25, 0.3) is 10.9 Å². The van der Waals surface area contributed by atoms with Crippen molar-refractivity contribution in [1.82, 2.24) is 14.5 Å². The maximum absolute atomic E-state index is 13.8. The van der Waals surface area contributed by atoms with Crippen molar-refractivity contribution in [1.29, 1.82) is 0 Å². The molecule has 1 amide bonds. The van der Waals surface area contributed by atoms with Crippen molar-refractivity contribution in [3.63, 3.8) is 0 Å². The molecular formula is C21H19ClFN3O2S. The van der Waals surface area contributed by atoms with E-state index in [1.807, 2.05) is 0 Å². The first kappa shape index (κ1) is 21.1. The van der Waals surface area contributed by atoms with Crippen molar-refractivity contribution >= 4 is 40.2 Å². The maximum Gasteiger partial charge on any atom is 0.262 e. The van der Waals surface area contributed by atoms with Gasteiger partial charge in [-0.2, -0.15) is 0 Å². The molecule has 3 rings (SSSR count). The van der Waals surface area contributed by atoms with Gasteiger partial charge in [0, 0.05) is 30.7 Å². The average Bonchev–Trinajstić information content (AvgIpc) is 2.70. The number of allylic oxidation sites excluding steroid dienone is 1. The lowest BCUT2D eigenvalue weighted by molar-refractivity contribution is -0.127. The number of amides is 1. The topological polar surface area (TPSA) is 55.2 Å². The number of carbonyl (C=O) groups excluding carboxylic acids is 1. The zero-order valence-corrected chi connectivity index (χ0v) is 17.3. The number of hydrogen-bond acceptors (Lipinski definition) is 4. The maximum atomic E-state index is 13.8. The molecule has 1 heterocycles. The summed E-state index contributed by atoms with van der Waals surface area (Å²) in [5.41, 5.74) is 0.689. The summed E-state index contributed by atoms with van der Waals surface area (Å²) in [6.45, 7) is 4.11.